The highest BCUT2D eigenvalue weighted by Gasteiger charge is 2.14. The summed E-state index contributed by atoms with van der Waals surface area (Å²) < 4.78 is 7.73. The predicted molar refractivity (Wildman–Crippen MR) is 78.4 cm³/mol. The van der Waals surface area contributed by atoms with Gasteiger partial charge in [-0.2, -0.15) is 0 Å². The third kappa shape index (κ3) is 4.86. The Hall–Kier alpha value is -1.03. The maximum atomic E-state index is 5.52. The highest BCUT2D eigenvalue weighted by molar-refractivity contribution is 5.27. The van der Waals surface area contributed by atoms with Crippen LogP contribution in [0.2, 0.25) is 0 Å². The number of nitrogens with zero attached hydrogens (tertiary/aromatic N) is 2. The molecular weight excluding hydrogens is 238 g/mol. The first-order chi connectivity index (χ1) is 9.40. The zero-order valence-corrected chi connectivity index (χ0v) is 12.1. The first-order valence-corrected chi connectivity index (χ1v) is 7.75. The highest BCUT2D eigenvalue weighted by atomic mass is 16.5. The van der Waals surface area contributed by atoms with Crippen LogP contribution in [0.25, 0.3) is 0 Å². The van der Waals surface area contributed by atoms with Crippen LogP contribution >= 0.6 is 0 Å². The minimum absolute atomic E-state index is 0.617. The van der Waals surface area contributed by atoms with Crippen molar-refractivity contribution in [3.8, 4) is 0 Å². The largest absolute Gasteiger partial charge is 0.381 e. The number of ether oxygens (including phenoxy) is 1. The van der Waals surface area contributed by atoms with Gasteiger partial charge in [0.2, 0.25) is 5.95 Å². The Kier molecular flexibility index (Phi) is 6.21. The van der Waals surface area contributed by atoms with E-state index in [2.05, 4.69) is 28.0 Å². The Balaban J connectivity index is 1.73. The van der Waals surface area contributed by atoms with E-state index in [1.165, 1.54) is 32.1 Å². The summed E-state index contributed by atoms with van der Waals surface area (Å²) in [5, 5.41) is 3.59. The van der Waals surface area contributed by atoms with Gasteiger partial charge in [0.05, 0.1) is 0 Å². The Morgan fingerprint density at radius 3 is 2.95 bits per heavy atom. The molecule has 0 amide bonds. The molecule has 0 unspecified atom stereocenters. The fourth-order valence-electron chi connectivity index (χ4n) is 2.64. The van der Waals surface area contributed by atoms with Crippen molar-refractivity contribution >= 4 is 5.95 Å². The summed E-state index contributed by atoms with van der Waals surface area (Å²) in [6.45, 7) is 4.84. The van der Waals surface area contributed by atoms with Crippen molar-refractivity contribution in [3.63, 3.8) is 0 Å². The highest BCUT2D eigenvalue weighted by Crippen LogP contribution is 2.20. The van der Waals surface area contributed by atoms with Crippen molar-refractivity contribution in [3.05, 3.63) is 12.4 Å². The molecule has 4 heteroatoms. The minimum atomic E-state index is 0.617. The zero-order valence-electron chi connectivity index (χ0n) is 12.1. The van der Waals surface area contributed by atoms with E-state index >= 15 is 0 Å². The van der Waals surface area contributed by atoms with Crippen LogP contribution in [0, 0.1) is 0 Å². The maximum Gasteiger partial charge on any atom is 0.202 e. The first kappa shape index (κ1) is 14.4. The molecule has 0 radical (unpaired) electrons. The number of aromatic nitrogens is 2. The lowest BCUT2D eigenvalue weighted by Crippen LogP contribution is -2.24. The van der Waals surface area contributed by atoms with Gasteiger partial charge in [0, 0.05) is 38.2 Å². The normalized spacial score (nSPS) is 16.7. The Morgan fingerprint density at radius 2 is 2.16 bits per heavy atom. The third-order valence-corrected chi connectivity index (χ3v) is 3.69. The topological polar surface area (TPSA) is 39.1 Å². The van der Waals surface area contributed by atoms with E-state index in [-0.39, 0.29) is 0 Å². The van der Waals surface area contributed by atoms with Crippen LogP contribution in [0.5, 0.6) is 0 Å². The van der Waals surface area contributed by atoms with Gasteiger partial charge >= 0.3 is 0 Å². The lowest BCUT2D eigenvalue weighted by molar-refractivity contribution is 0.129. The molecule has 1 fully saturated rings. The van der Waals surface area contributed by atoms with E-state index in [4.69, 9.17) is 4.74 Å². The van der Waals surface area contributed by atoms with Crippen LogP contribution in [0.1, 0.15) is 51.9 Å². The van der Waals surface area contributed by atoms with Crippen molar-refractivity contribution < 1.29 is 4.74 Å². The fourth-order valence-corrected chi connectivity index (χ4v) is 2.64. The van der Waals surface area contributed by atoms with Gasteiger partial charge in [0.15, 0.2) is 0 Å². The molecule has 108 valence electrons. The third-order valence-electron chi connectivity index (χ3n) is 3.69. The molecular formula is C15H27N3O. The SMILES string of the molecule is CCCOCCCn1ccnc1NC1CCCCC1. The van der Waals surface area contributed by atoms with Crippen molar-refractivity contribution in [1.29, 1.82) is 0 Å². The molecule has 1 heterocycles. The second-order valence-electron chi connectivity index (χ2n) is 5.39. The molecule has 0 aromatic carbocycles. The van der Waals surface area contributed by atoms with Gasteiger partial charge in [-0.1, -0.05) is 26.2 Å². The summed E-state index contributed by atoms with van der Waals surface area (Å²) in [6.07, 6.45) is 12.8. The van der Waals surface area contributed by atoms with Gasteiger partial charge < -0.3 is 14.6 Å². The average Bonchev–Trinajstić information content (AvgIpc) is 2.87. The van der Waals surface area contributed by atoms with Gasteiger partial charge in [-0.15, -0.1) is 0 Å². The molecule has 0 saturated heterocycles. The van der Waals surface area contributed by atoms with E-state index in [0.717, 1.165) is 38.5 Å². The number of hydrogen-bond acceptors (Lipinski definition) is 3. The molecule has 19 heavy (non-hydrogen) atoms. The van der Waals surface area contributed by atoms with Gasteiger partial charge in [-0.25, -0.2) is 4.98 Å². The summed E-state index contributed by atoms with van der Waals surface area (Å²) in [6, 6.07) is 0.617. The Morgan fingerprint density at radius 1 is 1.32 bits per heavy atom. The van der Waals surface area contributed by atoms with E-state index in [0.29, 0.717) is 6.04 Å². The zero-order chi connectivity index (χ0) is 13.3. The molecule has 0 bridgehead atoms. The molecule has 0 aliphatic heterocycles. The molecule has 0 atom stereocenters. The summed E-state index contributed by atoms with van der Waals surface area (Å²) in [5.74, 6) is 1.03. The van der Waals surface area contributed by atoms with E-state index < -0.39 is 0 Å². The van der Waals surface area contributed by atoms with Crippen molar-refractivity contribution in [2.24, 2.45) is 0 Å². The second kappa shape index (κ2) is 8.20. The standard InChI is InChI=1S/C15H27N3O/c1-2-12-19-13-6-10-18-11-9-16-15(18)17-14-7-4-3-5-8-14/h9,11,14H,2-8,10,12-13H2,1H3,(H,16,17). The average molecular weight is 265 g/mol. The van der Waals surface area contributed by atoms with Crippen molar-refractivity contribution in [2.75, 3.05) is 18.5 Å². The molecule has 1 aromatic heterocycles. The molecule has 1 N–H and O–H groups in total. The first-order valence-electron chi connectivity index (χ1n) is 7.75. The molecule has 2 rings (SSSR count). The van der Waals surface area contributed by atoms with Crippen LogP contribution in [-0.2, 0) is 11.3 Å². The number of rotatable bonds is 8. The monoisotopic (exact) mass is 265 g/mol. The number of anilines is 1. The number of nitrogens with one attached hydrogen (secondary N) is 1. The van der Waals surface area contributed by atoms with E-state index in [1.54, 1.807) is 0 Å². The fraction of sp³-hybridized carbons (Fsp3) is 0.800. The Labute approximate surface area is 116 Å². The quantitative estimate of drug-likeness (QED) is 0.732. The van der Waals surface area contributed by atoms with Crippen molar-refractivity contribution in [2.45, 2.75) is 64.5 Å². The minimum Gasteiger partial charge on any atom is -0.381 e. The van der Waals surface area contributed by atoms with Crippen LogP contribution in [0.4, 0.5) is 5.95 Å². The number of imidazole rings is 1. The number of hydrogen-bond donors (Lipinski definition) is 1. The van der Waals surface area contributed by atoms with Crippen LogP contribution in [-0.4, -0.2) is 28.8 Å². The second-order valence-corrected chi connectivity index (χ2v) is 5.39. The van der Waals surface area contributed by atoms with Crippen LogP contribution in [0.3, 0.4) is 0 Å². The lowest BCUT2D eigenvalue weighted by atomic mass is 9.96. The maximum absolute atomic E-state index is 5.52. The van der Waals surface area contributed by atoms with E-state index in [9.17, 15) is 0 Å². The molecule has 1 aliphatic carbocycles. The van der Waals surface area contributed by atoms with Gasteiger partial charge in [-0.05, 0) is 25.7 Å². The summed E-state index contributed by atoms with van der Waals surface area (Å²) in [7, 11) is 0. The summed E-state index contributed by atoms with van der Waals surface area (Å²) in [4.78, 5) is 4.44. The molecule has 4 nitrogen and oxygen atoms in total. The summed E-state index contributed by atoms with van der Waals surface area (Å²) in [5.41, 5.74) is 0. The number of aryl methyl sites for hydroxylation is 1. The Bertz CT molecular complexity index is 345. The van der Waals surface area contributed by atoms with Gasteiger partial charge in [0.1, 0.15) is 0 Å². The predicted octanol–water partition coefficient (Wildman–Crippen LogP) is 3.44. The van der Waals surface area contributed by atoms with Crippen molar-refractivity contribution in [1.82, 2.24) is 9.55 Å². The van der Waals surface area contributed by atoms with Crippen LogP contribution in [0.15, 0.2) is 12.4 Å². The van der Waals surface area contributed by atoms with Crippen LogP contribution < -0.4 is 5.32 Å². The van der Waals surface area contributed by atoms with Gasteiger partial charge in [-0.3, -0.25) is 0 Å². The molecule has 1 saturated carbocycles. The molecule has 0 spiro atoms. The lowest BCUT2D eigenvalue weighted by Gasteiger charge is -2.23. The molecule has 1 aromatic rings. The van der Waals surface area contributed by atoms with Gasteiger partial charge in [0.25, 0.3) is 0 Å². The molecule has 1 aliphatic rings. The van der Waals surface area contributed by atoms with E-state index in [1.807, 2.05) is 6.20 Å². The summed E-state index contributed by atoms with van der Waals surface area (Å²) >= 11 is 0. The smallest absolute Gasteiger partial charge is 0.202 e.